The minimum Gasteiger partial charge on any atom is -0.360 e. The summed E-state index contributed by atoms with van der Waals surface area (Å²) in [5.74, 6) is 0.104. The Hall–Kier alpha value is -1.04. The molecule has 22 heavy (non-hydrogen) atoms. The van der Waals surface area contributed by atoms with Gasteiger partial charge in [-0.25, -0.2) is 0 Å². The van der Waals surface area contributed by atoms with Crippen molar-refractivity contribution in [3.63, 3.8) is 0 Å². The second-order valence-electron chi connectivity index (χ2n) is 6.40. The number of hydrogen-bond donors (Lipinski definition) is 0. The third kappa shape index (κ3) is 3.65. The Morgan fingerprint density at radius 3 is 2.45 bits per heavy atom. The summed E-state index contributed by atoms with van der Waals surface area (Å²) in [5, 5.41) is 0. The molecule has 0 bridgehead atoms. The molecular formula is C17H26N2O2S. The summed E-state index contributed by atoms with van der Waals surface area (Å²) in [6.07, 6.45) is 1.70. The maximum absolute atomic E-state index is 11.8. The van der Waals surface area contributed by atoms with Crippen molar-refractivity contribution < 1.29 is 9.53 Å². The highest BCUT2D eigenvalue weighted by Crippen LogP contribution is 2.32. The quantitative estimate of drug-likeness (QED) is 0.835. The summed E-state index contributed by atoms with van der Waals surface area (Å²) in [6, 6.07) is 10.6. The van der Waals surface area contributed by atoms with Gasteiger partial charge < -0.3 is 9.64 Å². The molecule has 0 unspecified atom stereocenters. The zero-order chi connectivity index (χ0) is 14.9. The van der Waals surface area contributed by atoms with E-state index in [-0.39, 0.29) is 31.1 Å². The van der Waals surface area contributed by atoms with Gasteiger partial charge >= 0.3 is 0 Å². The van der Waals surface area contributed by atoms with Crippen molar-refractivity contribution in [3.8, 4) is 0 Å². The van der Waals surface area contributed by atoms with E-state index in [1.54, 1.807) is 0 Å². The van der Waals surface area contributed by atoms with Crippen LogP contribution in [0, 0.1) is 0 Å². The number of carbonyl (C=O) groups excluding carboxylic acids is 1. The maximum atomic E-state index is 11.8. The standard InChI is InChI=1S/C17H24N2O2.H2S/c1-14-16(20)18(2)13-17(21-14)8-10-19(11-9-17)12-15-6-4-3-5-7-15;/h3-7,14H,8-13H2,1-2H3;1H2/t14-;/m0./s1. The van der Waals surface area contributed by atoms with Crippen LogP contribution in [0.5, 0.6) is 0 Å². The molecule has 0 radical (unpaired) electrons. The molecule has 0 N–H and O–H groups in total. The van der Waals surface area contributed by atoms with Gasteiger partial charge in [-0.05, 0) is 25.3 Å². The van der Waals surface area contributed by atoms with Gasteiger partial charge in [0.1, 0.15) is 6.10 Å². The molecule has 1 aromatic rings. The second-order valence-corrected chi connectivity index (χ2v) is 6.40. The van der Waals surface area contributed by atoms with Crippen LogP contribution in [-0.2, 0) is 16.1 Å². The first-order chi connectivity index (χ1) is 10.1. The number of hydrogen-bond acceptors (Lipinski definition) is 3. The van der Waals surface area contributed by atoms with Crippen LogP contribution in [0.1, 0.15) is 25.3 Å². The Labute approximate surface area is 139 Å². The summed E-state index contributed by atoms with van der Waals surface area (Å²) in [4.78, 5) is 16.2. The zero-order valence-corrected chi connectivity index (χ0v) is 14.4. The normalized spacial score (nSPS) is 25.1. The zero-order valence-electron chi connectivity index (χ0n) is 13.4. The second kappa shape index (κ2) is 7.02. The van der Waals surface area contributed by atoms with Gasteiger partial charge in [0.2, 0.25) is 0 Å². The number of piperidine rings is 1. The molecule has 122 valence electrons. The molecule has 2 heterocycles. The minimum atomic E-state index is -0.301. The van der Waals surface area contributed by atoms with Gasteiger partial charge in [0.15, 0.2) is 0 Å². The Bertz CT molecular complexity index is 485. The number of morpholine rings is 1. The fourth-order valence-corrected chi connectivity index (χ4v) is 3.52. The van der Waals surface area contributed by atoms with E-state index in [1.165, 1.54) is 5.56 Å². The summed E-state index contributed by atoms with van der Waals surface area (Å²) < 4.78 is 6.08. The first-order valence-electron chi connectivity index (χ1n) is 7.77. The number of likely N-dealkylation sites (tertiary alicyclic amines) is 1. The van der Waals surface area contributed by atoms with Crippen molar-refractivity contribution >= 4 is 19.4 Å². The lowest BCUT2D eigenvalue weighted by Gasteiger charge is -2.48. The molecule has 3 rings (SSSR count). The fraction of sp³-hybridized carbons (Fsp3) is 0.588. The van der Waals surface area contributed by atoms with Crippen molar-refractivity contribution in [2.75, 3.05) is 26.7 Å². The largest absolute Gasteiger partial charge is 0.360 e. The lowest BCUT2D eigenvalue weighted by molar-refractivity contribution is -0.187. The van der Waals surface area contributed by atoms with Gasteiger partial charge in [0, 0.05) is 33.2 Å². The van der Waals surface area contributed by atoms with Crippen molar-refractivity contribution in [2.45, 2.75) is 38.0 Å². The number of nitrogens with zero attached hydrogens (tertiary/aromatic N) is 2. The molecule has 1 amide bonds. The van der Waals surface area contributed by atoms with Gasteiger partial charge in [-0.15, -0.1) is 0 Å². The number of benzene rings is 1. The van der Waals surface area contributed by atoms with Gasteiger partial charge in [0.05, 0.1) is 5.60 Å². The Morgan fingerprint density at radius 1 is 1.23 bits per heavy atom. The molecular weight excluding hydrogens is 296 g/mol. The number of amides is 1. The average molecular weight is 322 g/mol. The Kier molecular flexibility index (Phi) is 5.53. The third-order valence-electron chi connectivity index (χ3n) is 4.69. The van der Waals surface area contributed by atoms with Crippen LogP contribution >= 0.6 is 13.5 Å². The number of ether oxygens (including phenoxy) is 1. The van der Waals surface area contributed by atoms with Gasteiger partial charge in [-0.1, -0.05) is 30.3 Å². The summed E-state index contributed by atoms with van der Waals surface area (Å²) in [5.41, 5.74) is 1.23. The van der Waals surface area contributed by atoms with E-state index in [4.69, 9.17) is 4.74 Å². The number of rotatable bonds is 2. The van der Waals surface area contributed by atoms with Gasteiger partial charge in [-0.3, -0.25) is 9.69 Å². The topological polar surface area (TPSA) is 32.8 Å². The van der Waals surface area contributed by atoms with Crippen LogP contribution in [0.15, 0.2) is 30.3 Å². The predicted octanol–water partition coefficient (Wildman–Crippen LogP) is 2.01. The van der Waals surface area contributed by atoms with Gasteiger partial charge in [-0.2, -0.15) is 13.5 Å². The van der Waals surface area contributed by atoms with Crippen molar-refractivity contribution in [1.29, 1.82) is 0 Å². The van der Waals surface area contributed by atoms with Crippen LogP contribution in [0.25, 0.3) is 0 Å². The van der Waals surface area contributed by atoms with E-state index in [0.717, 1.165) is 39.0 Å². The third-order valence-corrected chi connectivity index (χ3v) is 4.69. The van der Waals surface area contributed by atoms with E-state index in [2.05, 4.69) is 35.2 Å². The number of likely N-dealkylation sites (N-methyl/N-ethyl adjacent to an activating group) is 1. The molecule has 1 spiro atoms. The summed E-state index contributed by atoms with van der Waals surface area (Å²) in [7, 11) is 1.89. The average Bonchev–Trinajstić information content (AvgIpc) is 2.49. The minimum absolute atomic E-state index is 0. The molecule has 2 saturated heterocycles. The fourth-order valence-electron chi connectivity index (χ4n) is 3.52. The van der Waals surface area contributed by atoms with Crippen LogP contribution in [-0.4, -0.2) is 54.1 Å². The highest BCUT2D eigenvalue weighted by atomic mass is 32.1. The van der Waals surface area contributed by atoms with Crippen molar-refractivity contribution in [2.24, 2.45) is 0 Å². The molecule has 1 aromatic carbocycles. The van der Waals surface area contributed by atoms with Crippen LogP contribution in [0.4, 0.5) is 0 Å². The lowest BCUT2D eigenvalue weighted by Crippen LogP contribution is -2.60. The molecule has 5 heteroatoms. The van der Waals surface area contributed by atoms with E-state index in [9.17, 15) is 4.79 Å². The molecule has 2 aliphatic rings. The predicted molar refractivity (Wildman–Crippen MR) is 92.2 cm³/mol. The van der Waals surface area contributed by atoms with E-state index < -0.39 is 0 Å². The molecule has 1 atom stereocenters. The number of carbonyl (C=O) groups is 1. The molecule has 0 aliphatic carbocycles. The Morgan fingerprint density at radius 2 is 1.86 bits per heavy atom. The monoisotopic (exact) mass is 322 g/mol. The molecule has 0 saturated carbocycles. The first-order valence-corrected chi connectivity index (χ1v) is 7.77. The smallest absolute Gasteiger partial charge is 0.251 e. The molecule has 4 nitrogen and oxygen atoms in total. The first kappa shape index (κ1) is 17.3. The van der Waals surface area contributed by atoms with Crippen LogP contribution in [0.3, 0.4) is 0 Å². The van der Waals surface area contributed by atoms with Crippen LogP contribution < -0.4 is 0 Å². The highest BCUT2D eigenvalue weighted by molar-refractivity contribution is 7.59. The molecule has 2 fully saturated rings. The lowest BCUT2D eigenvalue weighted by atomic mass is 9.88. The molecule has 2 aliphatic heterocycles. The highest BCUT2D eigenvalue weighted by Gasteiger charge is 2.44. The van der Waals surface area contributed by atoms with Crippen molar-refractivity contribution in [1.82, 2.24) is 9.80 Å². The van der Waals surface area contributed by atoms with E-state index in [1.807, 2.05) is 18.9 Å². The van der Waals surface area contributed by atoms with Gasteiger partial charge in [0.25, 0.3) is 5.91 Å². The van der Waals surface area contributed by atoms with E-state index in [0.29, 0.717) is 0 Å². The maximum Gasteiger partial charge on any atom is 0.251 e. The summed E-state index contributed by atoms with van der Waals surface area (Å²) in [6.45, 7) is 5.67. The van der Waals surface area contributed by atoms with Crippen LogP contribution in [0.2, 0.25) is 0 Å². The Balaban J connectivity index is 0.00000176. The molecule has 0 aromatic heterocycles. The van der Waals surface area contributed by atoms with E-state index >= 15 is 0 Å². The van der Waals surface area contributed by atoms with Crippen molar-refractivity contribution in [3.05, 3.63) is 35.9 Å². The summed E-state index contributed by atoms with van der Waals surface area (Å²) >= 11 is 0. The SMILES string of the molecule is C[C@@H]1OC2(CCN(Cc3ccccc3)CC2)CN(C)C1=O.S.